The van der Waals surface area contributed by atoms with Gasteiger partial charge in [0.25, 0.3) is 0 Å². The third-order valence-electron chi connectivity index (χ3n) is 3.77. The Bertz CT molecular complexity index is 495. The van der Waals surface area contributed by atoms with E-state index in [4.69, 9.17) is 5.11 Å². The Morgan fingerprint density at radius 1 is 1.45 bits per heavy atom. The Balaban J connectivity index is 2.22. The zero-order valence-corrected chi connectivity index (χ0v) is 13.3. The molecule has 0 bridgehead atoms. The number of carboxylic acid groups (broad SMARTS) is 1. The van der Waals surface area contributed by atoms with Gasteiger partial charge in [0.2, 0.25) is 0 Å². The highest BCUT2D eigenvalue weighted by atomic mass is 32.2. The van der Waals surface area contributed by atoms with Gasteiger partial charge < -0.3 is 14.6 Å². The van der Waals surface area contributed by atoms with Crippen LogP contribution in [0.1, 0.15) is 38.4 Å². The number of carboxylic acids is 1. The highest BCUT2D eigenvalue weighted by Gasteiger charge is 2.33. The normalized spacial score (nSPS) is 15.8. The van der Waals surface area contributed by atoms with E-state index in [9.17, 15) is 4.79 Å². The van der Waals surface area contributed by atoms with Crippen LogP contribution in [0.5, 0.6) is 0 Å². The highest BCUT2D eigenvalue weighted by Crippen LogP contribution is 2.40. The molecule has 6 nitrogen and oxygen atoms in total. The summed E-state index contributed by atoms with van der Waals surface area (Å²) in [5.74, 6) is 0.697. The van der Waals surface area contributed by atoms with Crippen LogP contribution in [0, 0.1) is 0 Å². The number of thioether (sulfide) groups is 1. The molecule has 1 fully saturated rings. The van der Waals surface area contributed by atoms with Gasteiger partial charge in [-0.1, -0.05) is 11.8 Å². The molecule has 0 spiro atoms. The Morgan fingerprint density at radius 2 is 2.10 bits per heavy atom. The number of hydrogen-bond acceptors (Lipinski definition) is 5. The monoisotopic (exact) mass is 298 g/mol. The summed E-state index contributed by atoms with van der Waals surface area (Å²) in [5, 5.41) is 18.0. The Hall–Kier alpha value is -1.08. The number of nitrogens with zero attached hydrogens (tertiary/aromatic N) is 4. The molecule has 1 aromatic rings. The van der Waals surface area contributed by atoms with Crippen LogP contribution in [0.2, 0.25) is 0 Å². The largest absolute Gasteiger partial charge is 0.481 e. The summed E-state index contributed by atoms with van der Waals surface area (Å²) < 4.78 is 2.10. The lowest BCUT2D eigenvalue weighted by Crippen LogP contribution is -2.42. The van der Waals surface area contributed by atoms with E-state index in [1.165, 1.54) is 11.8 Å². The molecule has 0 amide bonds. The standard InChI is InChI=1S/C13H22N4O2S/c1-13(2,16(3)4)8-17-11(9-5-6-9)14-15-12(17)20-7-10(18)19/h9H,5-8H2,1-4H3,(H,18,19). The first-order valence-electron chi connectivity index (χ1n) is 6.76. The molecule has 0 radical (unpaired) electrons. The maximum Gasteiger partial charge on any atom is 0.313 e. The van der Waals surface area contributed by atoms with E-state index >= 15 is 0 Å². The van der Waals surface area contributed by atoms with Crippen LogP contribution in [-0.4, -0.2) is 56.1 Å². The molecule has 0 unspecified atom stereocenters. The number of hydrogen-bond donors (Lipinski definition) is 1. The highest BCUT2D eigenvalue weighted by molar-refractivity contribution is 7.99. The quantitative estimate of drug-likeness (QED) is 0.772. The van der Waals surface area contributed by atoms with Gasteiger partial charge in [-0.15, -0.1) is 10.2 Å². The second-order valence-electron chi connectivity index (χ2n) is 6.09. The molecule has 1 aliphatic rings. The summed E-state index contributed by atoms with van der Waals surface area (Å²) in [4.78, 5) is 12.9. The molecule has 1 saturated carbocycles. The van der Waals surface area contributed by atoms with Gasteiger partial charge in [0, 0.05) is 18.0 Å². The van der Waals surface area contributed by atoms with Crippen molar-refractivity contribution >= 4 is 17.7 Å². The first-order chi connectivity index (χ1) is 9.31. The van der Waals surface area contributed by atoms with Crippen molar-refractivity contribution in [1.29, 1.82) is 0 Å². The van der Waals surface area contributed by atoms with Crippen molar-refractivity contribution in [3.05, 3.63) is 5.82 Å². The fourth-order valence-corrected chi connectivity index (χ4v) is 2.52. The zero-order valence-electron chi connectivity index (χ0n) is 12.5. The van der Waals surface area contributed by atoms with Crippen molar-refractivity contribution in [3.8, 4) is 0 Å². The van der Waals surface area contributed by atoms with Crippen molar-refractivity contribution in [1.82, 2.24) is 19.7 Å². The average Bonchev–Trinajstić information content (AvgIpc) is 3.10. The average molecular weight is 298 g/mol. The first kappa shape index (κ1) is 15.3. The molecule has 0 saturated heterocycles. The van der Waals surface area contributed by atoms with Gasteiger partial charge in [0.1, 0.15) is 5.82 Å². The number of rotatable bonds is 7. The third kappa shape index (κ3) is 3.52. The van der Waals surface area contributed by atoms with Gasteiger partial charge in [0.05, 0.1) is 5.75 Å². The van der Waals surface area contributed by atoms with Crippen LogP contribution in [0.3, 0.4) is 0 Å². The molecule has 0 atom stereocenters. The summed E-state index contributed by atoms with van der Waals surface area (Å²) in [6.07, 6.45) is 2.31. The molecule has 0 aliphatic heterocycles. The van der Waals surface area contributed by atoms with Crippen LogP contribution in [0.15, 0.2) is 5.16 Å². The minimum Gasteiger partial charge on any atom is -0.481 e. The summed E-state index contributed by atoms with van der Waals surface area (Å²) in [5.41, 5.74) is -0.0371. The number of likely N-dealkylation sites (N-methyl/N-ethyl adjacent to an activating group) is 1. The topological polar surface area (TPSA) is 71.2 Å². The second kappa shape index (κ2) is 5.73. The fourth-order valence-electron chi connectivity index (χ4n) is 1.85. The van der Waals surface area contributed by atoms with Gasteiger partial charge in [-0.25, -0.2) is 0 Å². The van der Waals surface area contributed by atoms with Gasteiger partial charge in [-0.2, -0.15) is 0 Å². The maximum atomic E-state index is 10.7. The second-order valence-corrected chi connectivity index (χ2v) is 7.03. The summed E-state index contributed by atoms with van der Waals surface area (Å²) in [6, 6.07) is 0. The molecule has 20 heavy (non-hydrogen) atoms. The predicted octanol–water partition coefficient (Wildman–Crippen LogP) is 1.67. The molecule has 112 valence electrons. The molecule has 7 heteroatoms. The van der Waals surface area contributed by atoms with E-state index in [0.717, 1.165) is 25.2 Å². The molecule has 1 heterocycles. The van der Waals surface area contributed by atoms with Crippen molar-refractivity contribution < 1.29 is 9.90 Å². The first-order valence-corrected chi connectivity index (χ1v) is 7.75. The van der Waals surface area contributed by atoms with Crippen LogP contribution >= 0.6 is 11.8 Å². The van der Waals surface area contributed by atoms with E-state index in [-0.39, 0.29) is 11.3 Å². The molecule has 1 aliphatic carbocycles. The Morgan fingerprint density at radius 3 is 2.60 bits per heavy atom. The molecule has 0 aromatic carbocycles. The lowest BCUT2D eigenvalue weighted by Gasteiger charge is -2.33. The minimum atomic E-state index is -0.829. The van der Waals surface area contributed by atoms with Gasteiger partial charge >= 0.3 is 5.97 Å². The number of aliphatic carboxylic acids is 1. The SMILES string of the molecule is CN(C)C(C)(C)Cn1c(SCC(=O)O)nnc1C1CC1. The summed E-state index contributed by atoms with van der Waals surface area (Å²) in [7, 11) is 4.09. The fraction of sp³-hybridized carbons (Fsp3) is 0.769. The van der Waals surface area contributed by atoms with Crippen LogP contribution < -0.4 is 0 Å². The summed E-state index contributed by atoms with van der Waals surface area (Å²) in [6.45, 7) is 5.09. The molecular formula is C13H22N4O2S. The smallest absolute Gasteiger partial charge is 0.313 e. The van der Waals surface area contributed by atoms with Crippen molar-refractivity contribution in [3.63, 3.8) is 0 Å². The van der Waals surface area contributed by atoms with Gasteiger partial charge in [-0.3, -0.25) is 4.79 Å². The zero-order chi connectivity index (χ0) is 14.9. The number of aromatic nitrogens is 3. The van der Waals surface area contributed by atoms with E-state index in [1.807, 2.05) is 14.1 Å². The lowest BCUT2D eigenvalue weighted by molar-refractivity contribution is -0.133. The minimum absolute atomic E-state index is 0.0190. The van der Waals surface area contributed by atoms with Crippen molar-refractivity contribution in [2.24, 2.45) is 0 Å². The molecule has 1 aromatic heterocycles. The van der Waals surface area contributed by atoms with Crippen molar-refractivity contribution in [2.45, 2.75) is 49.8 Å². The van der Waals surface area contributed by atoms with E-state index in [2.05, 4.69) is 33.5 Å². The van der Waals surface area contributed by atoms with E-state index in [0.29, 0.717) is 11.1 Å². The number of carbonyl (C=O) groups is 1. The predicted molar refractivity (Wildman–Crippen MR) is 78.1 cm³/mol. The molecule has 1 N–H and O–H groups in total. The van der Waals surface area contributed by atoms with Crippen LogP contribution in [-0.2, 0) is 11.3 Å². The van der Waals surface area contributed by atoms with Crippen LogP contribution in [0.25, 0.3) is 0 Å². The van der Waals surface area contributed by atoms with E-state index < -0.39 is 5.97 Å². The van der Waals surface area contributed by atoms with Crippen molar-refractivity contribution in [2.75, 3.05) is 19.8 Å². The van der Waals surface area contributed by atoms with E-state index in [1.54, 1.807) is 0 Å². The Kier molecular flexibility index (Phi) is 4.39. The molecular weight excluding hydrogens is 276 g/mol. The molecule has 2 rings (SSSR count). The van der Waals surface area contributed by atoms with Gasteiger partial charge in [0.15, 0.2) is 5.16 Å². The van der Waals surface area contributed by atoms with Gasteiger partial charge in [-0.05, 0) is 40.8 Å². The summed E-state index contributed by atoms with van der Waals surface area (Å²) >= 11 is 1.24. The maximum absolute atomic E-state index is 10.7. The lowest BCUT2D eigenvalue weighted by atomic mass is 10.0. The Labute approximate surface area is 123 Å². The third-order valence-corrected chi connectivity index (χ3v) is 4.72. The van der Waals surface area contributed by atoms with Crippen LogP contribution in [0.4, 0.5) is 0 Å².